The van der Waals surface area contributed by atoms with Gasteiger partial charge in [-0.1, -0.05) is 31.6 Å². The number of rotatable bonds is 6. The normalized spacial score (nSPS) is 14.7. The third-order valence-electron chi connectivity index (χ3n) is 2.95. The van der Waals surface area contributed by atoms with Crippen LogP contribution in [0.1, 0.15) is 32.8 Å². The summed E-state index contributed by atoms with van der Waals surface area (Å²) in [6.45, 7) is 7.22. The Labute approximate surface area is 99.8 Å². The highest BCUT2D eigenvalue weighted by Crippen LogP contribution is 2.22. The van der Waals surface area contributed by atoms with E-state index in [-0.39, 0.29) is 9.92 Å². The first-order valence-corrected chi connectivity index (χ1v) is 6.37. The van der Waals surface area contributed by atoms with Crippen LogP contribution >= 0.6 is 11.3 Å². The predicted octanol–water partition coefficient (Wildman–Crippen LogP) is 3.18. The van der Waals surface area contributed by atoms with Crippen molar-refractivity contribution in [3.8, 4) is 0 Å². The molecule has 0 aliphatic carbocycles. The Bertz CT molecular complexity index is 352. The van der Waals surface area contributed by atoms with E-state index in [0.29, 0.717) is 18.5 Å². The second-order valence-corrected chi connectivity index (χ2v) is 5.00. The van der Waals surface area contributed by atoms with Crippen LogP contribution in [0.15, 0.2) is 11.4 Å². The third kappa shape index (κ3) is 3.57. The van der Waals surface area contributed by atoms with Gasteiger partial charge < -0.3 is 5.32 Å². The van der Waals surface area contributed by atoms with Crippen LogP contribution in [0, 0.1) is 16.0 Å². The Hall–Kier alpha value is -0.940. The first-order chi connectivity index (χ1) is 7.54. The van der Waals surface area contributed by atoms with Crippen LogP contribution in [-0.2, 0) is 6.54 Å². The second-order valence-electron chi connectivity index (χ2n) is 4.11. The lowest BCUT2D eigenvalue weighted by molar-refractivity contribution is -0.380. The van der Waals surface area contributed by atoms with Gasteiger partial charge in [0, 0.05) is 24.0 Å². The largest absolute Gasteiger partial charge is 0.324 e. The number of nitrogens with zero attached hydrogens (tertiary/aromatic N) is 1. The van der Waals surface area contributed by atoms with Gasteiger partial charge in [0.1, 0.15) is 0 Å². The molecule has 0 aliphatic rings. The Morgan fingerprint density at radius 1 is 1.56 bits per heavy atom. The lowest BCUT2D eigenvalue weighted by Gasteiger charge is -2.19. The van der Waals surface area contributed by atoms with Gasteiger partial charge in [-0.25, -0.2) is 0 Å². The quantitative estimate of drug-likeness (QED) is 0.615. The number of nitro groups is 1. The Morgan fingerprint density at radius 2 is 2.25 bits per heavy atom. The van der Waals surface area contributed by atoms with Crippen LogP contribution in [0.25, 0.3) is 0 Å². The predicted molar refractivity (Wildman–Crippen MR) is 66.7 cm³/mol. The standard InChI is InChI=1S/C11H18N2O2S/c1-4-8(2)9(3)12-6-10-5-11(13(14)15)16-7-10/h5,7-9,12H,4,6H2,1-3H3. The minimum Gasteiger partial charge on any atom is -0.310 e. The highest BCUT2D eigenvalue weighted by molar-refractivity contribution is 7.13. The van der Waals surface area contributed by atoms with E-state index in [0.717, 1.165) is 12.0 Å². The topological polar surface area (TPSA) is 55.2 Å². The molecule has 0 spiro atoms. The van der Waals surface area contributed by atoms with Crippen LogP contribution in [0.5, 0.6) is 0 Å². The molecule has 5 heteroatoms. The molecule has 1 N–H and O–H groups in total. The summed E-state index contributed by atoms with van der Waals surface area (Å²) in [5, 5.41) is 15.9. The molecule has 0 saturated heterocycles. The molecular weight excluding hydrogens is 224 g/mol. The molecule has 0 fully saturated rings. The van der Waals surface area contributed by atoms with E-state index in [1.807, 2.05) is 5.38 Å². The van der Waals surface area contributed by atoms with Gasteiger partial charge >= 0.3 is 5.00 Å². The van der Waals surface area contributed by atoms with Gasteiger partial charge in [-0.15, -0.1) is 0 Å². The molecule has 1 aromatic heterocycles. The van der Waals surface area contributed by atoms with Gasteiger partial charge in [-0.05, 0) is 18.4 Å². The van der Waals surface area contributed by atoms with Gasteiger partial charge in [0.05, 0.1) is 4.92 Å². The summed E-state index contributed by atoms with van der Waals surface area (Å²) in [5.74, 6) is 0.619. The van der Waals surface area contributed by atoms with Crippen LogP contribution < -0.4 is 5.32 Å². The second kappa shape index (κ2) is 5.96. The molecule has 0 bridgehead atoms. The fraction of sp³-hybridized carbons (Fsp3) is 0.636. The highest BCUT2D eigenvalue weighted by atomic mass is 32.1. The smallest absolute Gasteiger partial charge is 0.310 e. The van der Waals surface area contributed by atoms with E-state index < -0.39 is 0 Å². The summed E-state index contributed by atoms with van der Waals surface area (Å²) in [6, 6.07) is 2.07. The van der Waals surface area contributed by atoms with Crippen molar-refractivity contribution in [3.63, 3.8) is 0 Å². The number of hydrogen-bond donors (Lipinski definition) is 1. The molecule has 0 aliphatic heterocycles. The monoisotopic (exact) mass is 242 g/mol. The maximum Gasteiger partial charge on any atom is 0.324 e. The van der Waals surface area contributed by atoms with Crippen molar-refractivity contribution < 1.29 is 4.92 Å². The minimum atomic E-state index is -0.341. The van der Waals surface area contributed by atoms with E-state index in [4.69, 9.17) is 0 Å². The average Bonchev–Trinajstić information content (AvgIpc) is 2.73. The van der Waals surface area contributed by atoms with Gasteiger partial charge in [0.15, 0.2) is 0 Å². The zero-order valence-electron chi connectivity index (χ0n) is 9.90. The van der Waals surface area contributed by atoms with E-state index in [9.17, 15) is 10.1 Å². The van der Waals surface area contributed by atoms with Crippen LogP contribution in [0.3, 0.4) is 0 Å². The van der Waals surface area contributed by atoms with E-state index in [2.05, 4.69) is 26.1 Å². The first-order valence-electron chi connectivity index (χ1n) is 5.49. The molecule has 90 valence electrons. The van der Waals surface area contributed by atoms with E-state index >= 15 is 0 Å². The fourth-order valence-electron chi connectivity index (χ4n) is 1.38. The van der Waals surface area contributed by atoms with Crippen molar-refractivity contribution in [1.82, 2.24) is 5.32 Å². The molecule has 0 aromatic carbocycles. The van der Waals surface area contributed by atoms with Crippen molar-refractivity contribution >= 4 is 16.3 Å². The number of nitrogens with one attached hydrogen (secondary N) is 1. The van der Waals surface area contributed by atoms with Gasteiger partial charge in [0.2, 0.25) is 0 Å². The third-order valence-corrected chi connectivity index (χ3v) is 3.87. The molecule has 1 rings (SSSR count). The van der Waals surface area contributed by atoms with Gasteiger partial charge in [-0.3, -0.25) is 10.1 Å². The van der Waals surface area contributed by atoms with E-state index in [1.165, 1.54) is 11.3 Å². The molecule has 16 heavy (non-hydrogen) atoms. The summed E-state index contributed by atoms with van der Waals surface area (Å²) < 4.78 is 0. The highest BCUT2D eigenvalue weighted by Gasteiger charge is 2.12. The van der Waals surface area contributed by atoms with Gasteiger partial charge in [0.25, 0.3) is 0 Å². The zero-order chi connectivity index (χ0) is 12.1. The van der Waals surface area contributed by atoms with Crippen LogP contribution in [0.2, 0.25) is 0 Å². The SMILES string of the molecule is CCC(C)C(C)NCc1csc([N+](=O)[O-])c1. The number of thiophene rings is 1. The summed E-state index contributed by atoms with van der Waals surface area (Å²) in [5.41, 5.74) is 0.992. The maximum atomic E-state index is 10.5. The lowest BCUT2D eigenvalue weighted by atomic mass is 10.0. The fourth-order valence-corrected chi connectivity index (χ4v) is 2.11. The molecule has 4 nitrogen and oxygen atoms in total. The van der Waals surface area contributed by atoms with Crippen LogP contribution in [-0.4, -0.2) is 11.0 Å². The summed E-state index contributed by atoms with van der Waals surface area (Å²) in [4.78, 5) is 10.2. The van der Waals surface area contributed by atoms with Crippen molar-refractivity contribution in [2.75, 3.05) is 0 Å². The van der Waals surface area contributed by atoms with E-state index in [1.54, 1.807) is 6.07 Å². The zero-order valence-corrected chi connectivity index (χ0v) is 10.7. The van der Waals surface area contributed by atoms with Crippen molar-refractivity contribution in [1.29, 1.82) is 0 Å². The molecule has 2 atom stereocenters. The summed E-state index contributed by atoms with van der Waals surface area (Å²) in [7, 11) is 0. The molecule has 0 radical (unpaired) electrons. The van der Waals surface area contributed by atoms with Crippen LogP contribution in [0.4, 0.5) is 5.00 Å². The molecule has 0 saturated carbocycles. The number of hydrogen-bond acceptors (Lipinski definition) is 4. The van der Waals surface area contributed by atoms with Crippen molar-refractivity contribution in [3.05, 3.63) is 27.1 Å². The van der Waals surface area contributed by atoms with Crippen molar-refractivity contribution in [2.45, 2.75) is 39.8 Å². The minimum absolute atomic E-state index is 0.216. The van der Waals surface area contributed by atoms with Crippen molar-refractivity contribution in [2.24, 2.45) is 5.92 Å². The Balaban J connectivity index is 2.45. The molecule has 1 heterocycles. The molecule has 1 aromatic rings. The Kier molecular flexibility index (Phi) is 4.89. The molecule has 2 unspecified atom stereocenters. The molecular formula is C11H18N2O2S. The average molecular weight is 242 g/mol. The Morgan fingerprint density at radius 3 is 2.75 bits per heavy atom. The summed E-state index contributed by atoms with van der Waals surface area (Å²) >= 11 is 1.18. The maximum absolute atomic E-state index is 10.5. The first kappa shape index (κ1) is 13.1. The summed E-state index contributed by atoms with van der Waals surface area (Å²) in [6.07, 6.45) is 1.14. The lowest BCUT2D eigenvalue weighted by Crippen LogP contribution is -2.31. The van der Waals surface area contributed by atoms with Gasteiger partial charge in [-0.2, -0.15) is 0 Å². The molecule has 0 amide bonds.